The molecule has 17 heavy (non-hydrogen) atoms. The second-order valence-corrected chi connectivity index (χ2v) is 4.60. The summed E-state index contributed by atoms with van der Waals surface area (Å²) in [5, 5.41) is 11.8. The van der Waals surface area contributed by atoms with Crippen LogP contribution < -0.4 is 10.2 Å². The van der Waals surface area contributed by atoms with E-state index in [0.717, 1.165) is 17.9 Å². The highest BCUT2D eigenvalue weighted by molar-refractivity contribution is 6.06. The van der Waals surface area contributed by atoms with E-state index in [1.807, 2.05) is 31.7 Å². The minimum absolute atomic E-state index is 0.0171. The maximum atomic E-state index is 12.0. The van der Waals surface area contributed by atoms with Crippen LogP contribution in [-0.4, -0.2) is 18.0 Å². The molecule has 1 N–H and O–H groups in total. The lowest BCUT2D eigenvalue weighted by Gasteiger charge is -2.43. The Labute approximate surface area is 101 Å². The van der Waals surface area contributed by atoms with Crippen molar-refractivity contribution in [1.82, 2.24) is 0 Å². The number of fused-ring (bicyclic) bond motifs is 1. The van der Waals surface area contributed by atoms with E-state index in [-0.39, 0.29) is 5.91 Å². The average Bonchev–Trinajstić information content (AvgIpc) is 2.30. The van der Waals surface area contributed by atoms with Crippen LogP contribution in [-0.2, 0) is 4.79 Å². The maximum Gasteiger partial charge on any atom is 0.249 e. The van der Waals surface area contributed by atoms with E-state index in [1.165, 1.54) is 0 Å². The van der Waals surface area contributed by atoms with Crippen LogP contribution in [0.4, 0.5) is 11.4 Å². The molecule has 0 saturated carbocycles. The van der Waals surface area contributed by atoms with Gasteiger partial charge in [0, 0.05) is 6.54 Å². The minimum Gasteiger partial charge on any atom is -0.356 e. The predicted molar refractivity (Wildman–Crippen MR) is 66.9 cm³/mol. The van der Waals surface area contributed by atoms with Gasteiger partial charge in [-0.05, 0) is 39.0 Å². The van der Waals surface area contributed by atoms with Gasteiger partial charge in [-0.25, -0.2) is 0 Å². The van der Waals surface area contributed by atoms with E-state index >= 15 is 0 Å². The first-order chi connectivity index (χ1) is 8.00. The standard InChI is InChI=1S/C13H15N3O/c1-4-16-11-7-9(8-14)5-6-10(11)15-12(17)13(16,2)3/h5-7H,4H2,1-3H3,(H,15,17). The maximum absolute atomic E-state index is 12.0. The molecular formula is C13H15N3O. The number of carbonyl (C=O) groups is 1. The van der Waals surface area contributed by atoms with Gasteiger partial charge in [-0.1, -0.05) is 0 Å². The molecule has 88 valence electrons. The molecule has 1 aliphatic heterocycles. The van der Waals surface area contributed by atoms with Crippen molar-refractivity contribution in [1.29, 1.82) is 5.26 Å². The molecule has 1 amide bonds. The molecule has 1 aromatic carbocycles. The second kappa shape index (κ2) is 3.77. The first kappa shape index (κ1) is 11.5. The zero-order valence-electron chi connectivity index (χ0n) is 10.2. The topological polar surface area (TPSA) is 56.1 Å². The van der Waals surface area contributed by atoms with Gasteiger partial charge in [0.25, 0.3) is 0 Å². The molecule has 0 unspecified atom stereocenters. The Morgan fingerprint density at radius 1 is 1.47 bits per heavy atom. The van der Waals surface area contributed by atoms with Crippen LogP contribution >= 0.6 is 0 Å². The summed E-state index contributed by atoms with van der Waals surface area (Å²) in [6.45, 7) is 6.49. The van der Waals surface area contributed by atoms with Crippen molar-refractivity contribution in [2.24, 2.45) is 0 Å². The Kier molecular flexibility index (Phi) is 2.55. The highest BCUT2D eigenvalue weighted by Crippen LogP contribution is 2.36. The summed E-state index contributed by atoms with van der Waals surface area (Å²) >= 11 is 0. The first-order valence-electron chi connectivity index (χ1n) is 5.64. The zero-order chi connectivity index (χ0) is 12.6. The molecule has 0 bridgehead atoms. The number of hydrogen-bond donors (Lipinski definition) is 1. The smallest absolute Gasteiger partial charge is 0.249 e. The largest absolute Gasteiger partial charge is 0.356 e. The van der Waals surface area contributed by atoms with Crippen LogP contribution in [0, 0.1) is 11.3 Å². The molecule has 4 heteroatoms. The van der Waals surface area contributed by atoms with Crippen LogP contribution in [0.3, 0.4) is 0 Å². The van der Waals surface area contributed by atoms with Crippen molar-refractivity contribution in [3.05, 3.63) is 23.8 Å². The molecule has 1 heterocycles. The number of amides is 1. The fourth-order valence-electron chi connectivity index (χ4n) is 2.19. The average molecular weight is 229 g/mol. The van der Waals surface area contributed by atoms with E-state index in [1.54, 1.807) is 12.1 Å². The molecule has 0 saturated heterocycles. The van der Waals surface area contributed by atoms with E-state index in [9.17, 15) is 4.79 Å². The number of benzene rings is 1. The lowest BCUT2D eigenvalue weighted by atomic mass is 9.96. The number of hydrogen-bond acceptors (Lipinski definition) is 3. The molecule has 4 nitrogen and oxygen atoms in total. The van der Waals surface area contributed by atoms with Gasteiger partial charge in [0.05, 0.1) is 23.0 Å². The fraction of sp³-hybridized carbons (Fsp3) is 0.385. The van der Waals surface area contributed by atoms with Gasteiger partial charge >= 0.3 is 0 Å². The normalized spacial score (nSPS) is 17.1. The van der Waals surface area contributed by atoms with Gasteiger partial charge in [0.1, 0.15) is 5.54 Å². The highest BCUT2D eigenvalue weighted by atomic mass is 16.2. The Balaban J connectivity index is 2.59. The number of carbonyl (C=O) groups excluding carboxylic acids is 1. The third-order valence-corrected chi connectivity index (χ3v) is 3.21. The molecular weight excluding hydrogens is 214 g/mol. The number of likely N-dealkylation sites (N-methyl/N-ethyl adjacent to an activating group) is 1. The van der Waals surface area contributed by atoms with Crippen molar-refractivity contribution >= 4 is 17.3 Å². The number of anilines is 2. The van der Waals surface area contributed by atoms with Gasteiger partial charge < -0.3 is 10.2 Å². The monoisotopic (exact) mass is 229 g/mol. The van der Waals surface area contributed by atoms with Gasteiger partial charge in [0.15, 0.2) is 0 Å². The van der Waals surface area contributed by atoms with Gasteiger partial charge in [-0.2, -0.15) is 5.26 Å². The summed E-state index contributed by atoms with van der Waals surface area (Å²) in [6, 6.07) is 7.44. The van der Waals surface area contributed by atoms with Crippen LogP contribution in [0.2, 0.25) is 0 Å². The zero-order valence-corrected chi connectivity index (χ0v) is 10.2. The number of nitriles is 1. The first-order valence-corrected chi connectivity index (χ1v) is 5.64. The van der Waals surface area contributed by atoms with E-state index in [4.69, 9.17) is 5.26 Å². The number of nitrogens with zero attached hydrogens (tertiary/aromatic N) is 2. The molecule has 0 aliphatic carbocycles. The van der Waals surface area contributed by atoms with E-state index in [2.05, 4.69) is 11.4 Å². The molecule has 1 aromatic rings. The predicted octanol–water partition coefficient (Wildman–Crippen LogP) is 2.12. The molecule has 1 aliphatic rings. The molecule has 2 rings (SSSR count). The second-order valence-electron chi connectivity index (χ2n) is 4.60. The molecule has 0 atom stereocenters. The minimum atomic E-state index is -0.587. The third kappa shape index (κ3) is 1.64. The quantitative estimate of drug-likeness (QED) is 0.802. The van der Waals surface area contributed by atoms with Crippen molar-refractivity contribution in [3.63, 3.8) is 0 Å². The lowest BCUT2D eigenvalue weighted by Crippen LogP contribution is -2.56. The van der Waals surface area contributed by atoms with Crippen molar-refractivity contribution in [2.75, 3.05) is 16.8 Å². The van der Waals surface area contributed by atoms with Crippen LogP contribution in [0.25, 0.3) is 0 Å². The van der Waals surface area contributed by atoms with Crippen LogP contribution in [0.1, 0.15) is 26.3 Å². The Bertz CT molecular complexity index is 514. The number of rotatable bonds is 1. The number of nitrogens with one attached hydrogen (secondary N) is 1. The van der Waals surface area contributed by atoms with Gasteiger partial charge in [-0.3, -0.25) is 4.79 Å². The summed E-state index contributed by atoms with van der Waals surface area (Å²) < 4.78 is 0. The third-order valence-electron chi connectivity index (χ3n) is 3.21. The Hall–Kier alpha value is -2.02. The summed E-state index contributed by atoms with van der Waals surface area (Å²) in [7, 11) is 0. The van der Waals surface area contributed by atoms with E-state index < -0.39 is 5.54 Å². The summed E-state index contributed by atoms with van der Waals surface area (Å²) in [4.78, 5) is 14.0. The fourth-order valence-corrected chi connectivity index (χ4v) is 2.19. The molecule has 0 fully saturated rings. The molecule has 0 aromatic heterocycles. The van der Waals surface area contributed by atoms with Crippen LogP contribution in [0.5, 0.6) is 0 Å². The summed E-state index contributed by atoms with van der Waals surface area (Å²) in [6.07, 6.45) is 0. The van der Waals surface area contributed by atoms with Gasteiger partial charge in [-0.15, -0.1) is 0 Å². The van der Waals surface area contributed by atoms with Crippen molar-refractivity contribution < 1.29 is 4.79 Å². The summed E-state index contributed by atoms with van der Waals surface area (Å²) in [5.41, 5.74) is 1.70. The van der Waals surface area contributed by atoms with Crippen molar-refractivity contribution in [2.45, 2.75) is 26.3 Å². The molecule has 0 radical (unpaired) electrons. The SMILES string of the molecule is CCN1c2cc(C#N)ccc2NC(=O)C1(C)C. The molecule has 0 spiro atoms. The Morgan fingerprint density at radius 2 is 2.18 bits per heavy atom. The summed E-state index contributed by atoms with van der Waals surface area (Å²) in [5.74, 6) is -0.0171. The lowest BCUT2D eigenvalue weighted by molar-refractivity contribution is -0.120. The van der Waals surface area contributed by atoms with Crippen LogP contribution in [0.15, 0.2) is 18.2 Å². The van der Waals surface area contributed by atoms with Gasteiger partial charge in [0.2, 0.25) is 5.91 Å². The van der Waals surface area contributed by atoms with E-state index in [0.29, 0.717) is 5.56 Å². The van der Waals surface area contributed by atoms with Crippen molar-refractivity contribution in [3.8, 4) is 6.07 Å². The highest BCUT2D eigenvalue weighted by Gasteiger charge is 2.39. The Morgan fingerprint density at radius 3 is 2.76 bits per heavy atom.